The van der Waals surface area contributed by atoms with Crippen LogP contribution in [-0.2, 0) is 14.4 Å². The van der Waals surface area contributed by atoms with E-state index in [1.165, 1.54) is 28.8 Å². The zero-order chi connectivity index (χ0) is 19.0. The first-order valence-corrected chi connectivity index (χ1v) is 9.45. The van der Waals surface area contributed by atoms with E-state index in [-0.39, 0.29) is 16.5 Å². The molecule has 26 heavy (non-hydrogen) atoms. The molecule has 0 radical (unpaired) electrons. The van der Waals surface area contributed by atoms with Gasteiger partial charge in [-0.05, 0) is 11.6 Å². The second-order valence-electron chi connectivity index (χ2n) is 5.23. The van der Waals surface area contributed by atoms with Gasteiger partial charge in [0.2, 0.25) is 0 Å². The Morgan fingerprint density at radius 3 is 2.77 bits per heavy atom. The summed E-state index contributed by atoms with van der Waals surface area (Å²) in [6.07, 6.45) is 1.41. The number of ketones is 1. The highest BCUT2D eigenvalue weighted by Gasteiger charge is 2.54. The second-order valence-corrected chi connectivity index (χ2v) is 7.48. The number of Topliss-reactive ketones (excluding diaryl/α,β-unsaturated/α-hetero) is 1. The van der Waals surface area contributed by atoms with Crippen LogP contribution in [-0.4, -0.2) is 55.7 Å². The highest BCUT2D eigenvalue weighted by Crippen LogP contribution is 2.40. The molecule has 9 nitrogen and oxygen atoms in total. The van der Waals surface area contributed by atoms with E-state index in [1.807, 2.05) is 0 Å². The predicted octanol–water partition coefficient (Wildman–Crippen LogP) is 0.399. The minimum Gasteiger partial charge on any atom is -0.477 e. The highest BCUT2D eigenvalue weighted by molar-refractivity contribution is 8.00. The van der Waals surface area contributed by atoms with Crippen molar-refractivity contribution in [3.63, 3.8) is 0 Å². The van der Waals surface area contributed by atoms with E-state index in [4.69, 9.17) is 17.3 Å². The molecule has 3 heterocycles. The maximum Gasteiger partial charge on any atom is 0.352 e. The smallest absolute Gasteiger partial charge is 0.352 e. The fraction of sp³-hybridized carbons (Fsp3) is 0.214. The van der Waals surface area contributed by atoms with Crippen LogP contribution in [0.1, 0.15) is 10.5 Å². The number of amides is 2. The Kier molecular flexibility index (Phi) is 5.03. The van der Waals surface area contributed by atoms with Crippen LogP contribution in [0, 0.1) is 0 Å². The van der Waals surface area contributed by atoms with Gasteiger partial charge >= 0.3 is 5.97 Å². The van der Waals surface area contributed by atoms with Gasteiger partial charge in [0.25, 0.3) is 17.6 Å². The number of aliphatic carboxylic acids is 1. The van der Waals surface area contributed by atoms with Crippen LogP contribution in [0.2, 0.25) is 0 Å². The van der Waals surface area contributed by atoms with Crippen LogP contribution < -0.4 is 11.1 Å². The lowest BCUT2D eigenvalue weighted by atomic mass is 10.0. The molecule has 12 heteroatoms. The number of fused-ring (bicyclic) bond motifs is 1. The van der Waals surface area contributed by atoms with Gasteiger partial charge in [-0.3, -0.25) is 19.3 Å². The number of hydrogen-bond acceptors (Lipinski definition) is 8. The Labute approximate surface area is 159 Å². The summed E-state index contributed by atoms with van der Waals surface area (Å²) in [4.78, 5) is 52.8. The predicted molar refractivity (Wildman–Crippen MR) is 95.5 cm³/mol. The molecule has 1 saturated heterocycles. The minimum absolute atomic E-state index is 0.106. The number of nitrogens with one attached hydrogen (secondary N) is 1. The first-order valence-electron chi connectivity index (χ1n) is 7.09. The van der Waals surface area contributed by atoms with Gasteiger partial charge in [-0.25, -0.2) is 9.78 Å². The summed E-state index contributed by atoms with van der Waals surface area (Å²) in [5.41, 5.74) is 6.70. The van der Waals surface area contributed by atoms with Crippen LogP contribution in [0.25, 0.3) is 0 Å². The minimum atomic E-state index is -1.27. The number of β-lactam (4-membered cyclic amide) rings is 1. The van der Waals surface area contributed by atoms with Gasteiger partial charge < -0.3 is 16.2 Å². The topological polar surface area (TPSA) is 143 Å². The number of nitrogens with zero attached hydrogens (tertiary/aromatic N) is 2. The number of allylic oxidation sites excluding steroid dienone is 1. The molecule has 0 aliphatic carbocycles. The lowest BCUT2D eigenvalue weighted by Gasteiger charge is -2.49. The number of carbonyl (C=O) groups excluding carboxylic acids is 3. The number of carboxylic acids is 1. The van der Waals surface area contributed by atoms with E-state index in [0.717, 1.165) is 16.2 Å². The summed E-state index contributed by atoms with van der Waals surface area (Å²) < 4.78 is 0. The monoisotopic (exact) mass is 414 g/mol. The first-order chi connectivity index (χ1) is 12.3. The number of thiazole rings is 1. The number of nitrogen functional groups attached to an aromatic ring is 1. The number of anilines is 1. The maximum atomic E-state index is 12.4. The molecule has 0 spiro atoms. The van der Waals surface area contributed by atoms with Gasteiger partial charge in [-0.2, -0.15) is 0 Å². The first kappa shape index (κ1) is 18.4. The molecule has 3 rings (SSSR count). The summed E-state index contributed by atoms with van der Waals surface area (Å²) in [6, 6.07) is -0.997. The summed E-state index contributed by atoms with van der Waals surface area (Å²) in [6.45, 7) is 0. The van der Waals surface area contributed by atoms with E-state index >= 15 is 0 Å². The summed E-state index contributed by atoms with van der Waals surface area (Å²) >= 11 is 7.78. The molecule has 2 amide bonds. The molecule has 1 aromatic rings. The molecular formula is C14H11ClN4O5S2. The van der Waals surface area contributed by atoms with Crippen molar-refractivity contribution in [1.29, 1.82) is 0 Å². The normalized spacial score (nSPS) is 22.2. The quantitative estimate of drug-likeness (QED) is 0.357. The van der Waals surface area contributed by atoms with Crippen LogP contribution in [0.3, 0.4) is 0 Å². The fourth-order valence-corrected chi connectivity index (χ4v) is 4.58. The van der Waals surface area contributed by atoms with Crippen molar-refractivity contribution >= 4 is 63.4 Å². The van der Waals surface area contributed by atoms with Crippen molar-refractivity contribution in [3.8, 4) is 0 Å². The number of carbonyl (C=O) groups is 4. The third kappa shape index (κ3) is 3.08. The van der Waals surface area contributed by atoms with Crippen molar-refractivity contribution in [2.45, 2.75) is 11.4 Å². The number of carboxylic acid groups (broad SMARTS) is 1. The van der Waals surface area contributed by atoms with Crippen molar-refractivity contribution in [1.82, 2.24) is 15.2 Å². The van der Waals surface area contributed by atoms with Crippen molar-refractivity contribution in [3.05, 3.63) is 34.0 Å². The molecule has 0 saturated carbocycles. The zero-order valence-corrected chi connectivity index (χ0v) is 15.2. The number of aromatic nitrogens is 1. The number of hydrogen-bond donors (Lipinski definition) is 3. The Bertz CT molecular complexity index is 880. The molecular weight excluding hydrogens is 404 g/mol. The van der Waals surface area contributed by atoms with Crippen molar-refractivity contribution < 1.29 is 24.3 Å². The Morgan fingerprint density at radius 2 is 2.19 bits per heavy atom. The number of rotatable bonds is 5. The molecule has 0 bridgehead atoms. The van der Waals surface area contributed by atoms with E-state index in [1.54, 1.807) is 0 Å². The van der Waals surface area contributed by atoms with Gasteiger partial charge in [-0.1, -0.05) is 11.6 Å². The highest BCUT2D eigenvalue weighted by atomic mass is 35.5. The number of thioether (sulfide) groups is 1. The largest absolute Gasteiger partial charge is 0.477 e. The number of halogens is 1. The van der Waals surface area contributed by atoms with Crippen LogP contribution in [0.4, 0.5) is 5.13 Å². The maximum absolute atomic E-state index is 12.4. The molecule has 0 aromatic carbocycles. The molecule has 1 aromatic heterocycles. The lowest BCUT2D eigenvalue weighted by Crippen LogP contribution is -2.71. The van der Waals surface area contributed by atoms with E-state index in [2.05, 4.69) is 10.3 Å². The van der Waals surface area contributed by atoms with E-state index in [9.17, 15) is 24.3 Å². The molecule has 1 unspecified atom stereocenters. The summed E-state index contributed by atoms with van der Waals surface area (Å²) in [5.74, 6) is -3.50. The van der Waals surface area contributed by atoms with Gasteiger partial charge in [0.15, 0.2) is 5.13 Å². The SMILES string of the molecule is Nc1nc(C(=O)C(=O)NC2C(=O)N3C(C(=O)O)=C(/C=C/Cl)CS[C@@H]23)cs1. The Balaban J connectivity index is 1.75. The van der Waals surface area contributed by atoms with Crippen LogP contribution in [0.5, 0.6) is 0 Å². The van der Waals surface area contributed by atoms with Crippen molar-refractivity contribution in [2.75, 3.05) is 11.5 Å². The molecule has 1 fully saturated rings. The lowest BCUT2D eigenvalue weighted by molar-refractivity contribution is -0.150. The molecule has 2 aliphatic rings. The third-order valence-electron chi connectivity index (χ3n) is 3.71. The van der Waals surface area contributed by atoms with Crippen LogP contribution >= 0.6 is 34.7 Å². The van der Waals surface area contributed by atoms with E-state index in [0.29, 0.717) is 11.3 Å². The molecule has 4 N–H and O–H groups in total. The van der Waals surface area contributed by atoms with Gasteiger partial charge in [0, 0.05) is 16.7 Å². The van der Waals surface area contributed by atoms with Crippen molar-refractivity contribution in [2.24, 2.45) is 0 Å². The Morgan fingerprint density at radius 1 is 1.46 bits per heavy atom. The second kappa shape index (κ2) is 7.09. The molecule has 2 aliphatic heterocycles. The fourth-order valence-electron chi connectivity index (χ4n) is 2.56. The molecule has 2 atom stereocenters. The van der Waals surface area contributed by atoms with Gasteiger partial charge in [0.1, 0.15) is 22.8 Å². The van der Waals surface area contributed by atoms with Gasteiger partial charge in [0.05, 0.1) is 0 Å². The standard InChI is InChI=1S/C14H11ClN4O5S2/c15-2-1-5-3-25-12-7(11(22)19(12)8(5)13(23)24)18-10(21)9(20)6-4-26-14(16)17-6/h1-2,4,7,12H,3H2,(H2,16,17)(H,18,21)(H,23,24)/b2-1+/t7?,12-/m0/s1. The summed E-state index contributed by atoms with van der Waals surface area (Å²) in [7, 11) is 0. The molecule has 136 valence electrons. The van der Waals surface area contributed by atoms with E-state index < -0.39 is 35.0 Å². The van der Waals surface area contributed by atoms with Crippen LogP contribution in [0.15, 0.2) is 28.3 Å². The third-order valence-corrected chi connectivity index (χ3v) is 5.81. The average molecular weight is 415 g/mol. The van der Waals surface area contributed by atoms with Gasteiger partial charge in [-0.15, -0.1) is 23.1 Å². The Hall–Kier alpha value is -2.37. The zero-order valence-electron chi connectivity index (χ0n) is 12.8. The number of nitrogens with two attached hydrogens (primary N) is 1. The average Bonchev–Trinajstić information content (AvgIpc) is 3.04. The summed E-state index contributed by atoms with van der Waals surface area (Å²) in [5, 5.41) is 12.6.